The molecule has 1 N–H and O–H groups in total. The average molecular weight is 144 g/mol. The van der Waals surface area contributed by atoms with Gasteiger partial charge in [0.05, 0.1) is 0 Å². The first-order valence-corrected chi connectivity index (χ1v) is 3.11. The monoisotopic (exact) mass is 144 g/mol. The third-order valence-corrected chi connectivity index (χ3v) is 0.816. The summed E-state index contributed by atoms with van der Waals surface area (Å²) in [6.07, 6.45) is 0.489. The first kappa shape index (κ1) is 9.01. The van der Waals surface area contributed by atoms with Crippen molar-refractivity contribution in [2.75, 3.05) is 0 Å². The van der Waals surface area contributed by atoms with Crippen LogP contribution in [-0.2, 0) is 4.74 Å². The molecule has 0 aliphatic carbocycles. The largest absolute Gasteiger partial charge is 0.510 e. The van der Waals surface area contributed by atoms with Gasteiger partial charge in [-0.05, 0) is 18.9 Å². The second-order valence-electron chi connectivity index (χ2n) is 2.39. The Hall–Kier alpha value is -0.990. The van der Waals surface area contributed by atoms with Crippen molar-refractivity contribution in [1.82, 2.24) is 0 Å². The van der Waals surface area contributed by atoms with Crippen LogP contribution in [0.25, 0.3) is 0 Å². The summed E-state index contributed by atoms with van der Waals surface area (Å²) >= 11 is 0. The van der Waals surface area contributed by atoms with Gasteiger partial charge in [-0.25, -0.2) is 4.79 Å². The van der Waals surface area contributed by atoms with Gasteiger partial charge in [0.25, 0.3) is 0 Å². The van der Waals surface area contributed by atoms with Crippen LogP contribution in [0.5, 0.6) is 0 Å². The van der Waals surface area contributed by atoms with Gasteiger partial charge in [-0.2, -0.15) is 0 Å². The zero-order chi connectivity index (χ0) is 8.15. The molecule has 0 aromatic heterocycles. The highest BCUT2D eigenvalue weighted by atomic mass is 16.7. The summed E-state index contributed by atoms with van der Waals surface area (Å²) < 4.78 is 4.34. The van der Waals surface area contributed by atoms with E-state index in [2.05, 4.69) is 4.74 Å². The topological polar surface area (TPSA) is 46.5 Å². The van der Waals surface area contributed by atoms with Crippen molar-refractivity contribution >= 4 is 6.16 Å². The fourth-order valence-electron chi connectivity index (χ4n) is 0.641. The molecule has 3 heteroatoms. The van der Waals surface area contributed by atoms with E-state index in [1.54, 1.807) is 13.0 Å². The maximum absolute atomic E-state index is 9.93. The van der Waals surface area contributed by atoms with Crippen LogP contribution in [0.2, 0.25) is 0 Å². The van der Waals surface area contributed by atoms with Crippen LogP contribution >= 0.6 is 0 Å². The van der Waals surface area contributed by atoms with Gasteiger partial charge in [0.2, 0.25) is 0 Å². The zero-order valence-electron chi connectivity index (χ0n) is 6.42. The Morgan fingerprint density at radius 3 is 2.40 bits per heavy atom. The molecule has 0 bridgehead atoms. The van der Waals surface area contributed by atoms with Crippen LogP contribution < -0.4 is 0 Å². The predicted molar refractivity (Wildman–Crippen MR) is 37.7 cm³/mol. The normalized spacial score (nSPS) is 11.8. The standard InChI is InChI=1S/C7H12O3/c1-5(2)4-6(3)10-7(8)9/h4-5H,1-3H3,(H,8,9). The second-order valence-corrected chi connectivity index (χ2v) is 2.39. The van der Waals surface area contributed by atoms with Gasteiger partial charge in [-0.1, -0.05) is 13.8 Å². The first-order valence-electron chi connectivity index (χ1n) is 3.11. The highest BCUT2D eigenvalue weighted by Gasteiger charge is 1.98. The molecule has 0 aromatic carbocycles. The third kappa shape index (κ3) is 5.15. The Kier molecular flexibility index (Phi) is 3.54. The molecule has 0 saturated carbocycles. The molecular formula is C7H12O3. The van der Waals surface area contributed by atoms with Crippen LogP contribution in [-0.4, -0.2) is 11.3 Å². The minimum atomic E-state index is -1.26. The Morgan fingerprint density at radius 1 is 1.60 bits per heavy atom. The molecule has 0 unspecified atom stereocenters. The minimum Gasteiger partial charge on any atom is -0.449 e. The van der Waals surface area contributed by atoms with Gasteiger partial charge in [-0.3, -0.25) is 0 Å². The Bertz CT molecular complexity index is 147. The number of hydrogen-bond acceptors (Lipinski definition) is 2. The lowest BCUT2D eigenvalue weighted by Crippen LogP contribution is -1.98. The summed E-state index contributed by atoms with van der Waals surface area (Å²) in [6.45, 7) is 5.53. The molecule has 0 aromatic rings. The lowest BCUT2D eigenvalue weighted by atomic mass is 10.2. The van der Waals surface area contributed by atoms with E-state index in [0.29, 0.717) is 11.7 Å². The number of rotatable bonds is 2. The number of hydrogen-bond donors (Lipinski definition) is 1. The van der Waals surface area contributed by atoms with Gasteiger partial charge < -0.3 is 9.84 Å². The van der Waals surface area contributed by atoms with Crippen molar-refractivity contribution in [3.8, 4) is 0 Å². The quantitative estimate of drug-likeness (QED) is 0.477. The molecule has 0 aliphatic rings. The summed E-state index contributed by atoms with van der Waals surface area (Å²) in [6, 6.07) is 0. The molecule has 0 spiro atoms. The van der Waals surface area contributed by atoms with E-state index < -0.39 is 6.16 Å². The van der Waals surface area contributed by atoms with E-state index in [-0.39, 0.29) is 0 Å². The summed E-state index contributed by atoms with van der Waals surface area (Å²) in [4.78, 5) is 9.93. The van der Waals surface area contributed by atoms with Gasteiger partial charge in [0, 0.05) is 0 Å². The van der Waals surface area contributed by atoms with E-state index in [0.717, 1.165) is 0 Å². The third-order valence-electron chi connectivity index (χ3n) is 0.816. The summed E-state index contributed by atoms with van der Waals surface area (Å²) in [5.74, 6) is 0.752. The van der Waals surface area contributed by atoms with E-state index >= 15 is 0 Å². The summed E-state index contributed by atoms with van der Waals surface area (Å²) in [7, 11) is 0. The number of ether oxygens (including phenoxy) is 1. The van der Waals surface area contributed by atoms with Crippen LogP contribution in [0.3, 0.4) is 0 Å². The summed E-state index contributed by atoms with van der Waals surface area (Å²) in [5, 5.41) is 8.13. The van der Waals surface area contributed by atoms with Crippen molar-refractivity contribution < 1.29 is 14.6 Å². The highest BCUT2D eigenvalue weighted by Crippen LogP contribution is 2.02. The van der Waals surface area contributed by atoms with Crippen LogP contribution in [0.15, 0.2) is 11.8 Å². The minimum absolute atomic E-state index is 0.319. The maximum Gasteiger partial charge on any atom is 0.510 e. The van der Waals surface area contributed by atoms with Crippen molar-refractivity contribution in [1.29, 1.82) is 0 Å². The molecular weight excluding hydrogens is 132 g/mol. The smallest absolute Gasteiger partial charge is 0.449 e. The van der Waals surface area contributed by atoms with Crippen LogP contribution in [0.4, 0.5) is 4.79 Å². The molecule has 0 saturated heterocycles. The molecule has 10 heavy (non-hydrogen) atoms. The molecule has 0 fully saturated rings. The van der Waals surface area contributed by atoms with Gasteiger partial charge in [-0.15, -0.1) is 0 Å². The fraction of sp³-hybridized carbons (Fsp3) is 0.571. The van der Waals surface area contributed by atoms with Crippen molar-refractivity contribution in [3.05, 3.63) is 11.8 Å². The number of carbonyl (C=O) groups is 1. The Morgan fingerprint density at radius 2 is 2.10 bits per heavy atom. The van der Waals surface area contributed by atoms with E-state index in [9.17, 15) is 4.79 Å². The van der Waals surface area contributed by atoms with Crippen LogP contribution in [0.1, 0.15) is 20.8 Å². The predicted octanol–water partition coefficient (Wildman–Crippen LogP) is 2.24. The molecule has 0 aliphatic heterocycles. The van der Waals surface area contributed by atoms with E-state index in [4.69, 9.17) is 5.11 Å². The molecule has 3 nitrogen and oxygen atoms in total. The molecule has 0 amide bonds. The first-order chi connectivity index (χ1) is 4.52. The van der Waals surface area contributed by atoms with Crippen molar-refractivity contribution in [3.63, 3.8) is 0 Å². The van der Waals surface area contributed by atoms with Crippen LogP contribution in [0, 0.1) is 5.92 Å². The number of carboxylic acid groups (broad SMARTS) is 1. The fourth-order valence-corrected chi connectivity index (χ4v) is 0.641. The van der Waals surface area contributed by atoms with Crippen molar-refractivity contribution in [2.24, 2.45) is 5.92 Å². The lowest BCUT2D eigenvalue weighted by molar-refractivity contribution is 0.118. The summed E-state index contributed by atoms with van der Waals surface area (Å²) in [5.41, 5.74) is 0. The van der Waals surface area contributed by atoms with E-state index in [1.807, 2.05) is 13.8 Å². The maximum atomic E-state index is 9.93. The highest BCUT2D eigenvalue weighted by molar-refractivity contribution is 5.58. The van der Waals surface area contributed by atoms with Gasteiger partial charge in [0.15, 0.2) is 0 Å². The van der Waals surface area contributed by atoms with E-state index in [1.165, 1.54) is 0 Å². The van der Waals surface area contributed by atoms with Gasteiger partial charge in [0.1, 0.15) is 5.76 Å². The van der Waals surface area contributed by atoms with Crippen molar-refractivity contribution in [2.45, 2.75) is 20.8 Å². The molecule has 0 heterocycles. The SMILES string of the molecule is CC(=CC(C)C)OC(=O)O. The lowest BCUT2D eigenvalue weighted by Gasteiger charge is -2.00. The zero-order valence-corrected chi connectivity index (χ0v) is 6.42. The molecule has 0 radical (unpaired) electrons. The molecule has 0 atom stereocenters. The average Bonchev–Trinajstić information content (AvgIpc) is 1.58. The molecule has 58 valence electrons. The Balaban J connectivity index is 3.82. The Labute approximate surface area is 60.3 Å². The second kappa shape index (κ2) is 3.93. The van der Waals surface area contributed by atoms with Gasteiger partial charge >= 0.3 is 6.16 Å². The number of allylic oxidation sites excluding steroid dienone is 2. The molecule has 0 rings (SSSR count).